The predicted molar refractivity (Wildman–Crippen MR) is 156 cm³/mol. The molecule has 3 aromatic carbocycles. The molecule has 0 aliphatic heterocycles. The zero-order valence-corrected chi connectivity index (χ0v) is 28.8. The van der Waals surface area contributed by atoms with Crippen molar-refractivity contribution in [3.63, 3.8) is 0 Å². The van der Waals surface area contributed by atoms with E-state index in [0.29, 0.717) is 50.4 Å². The molecule has 3 aromatic rings. The molecule has 261 valence electrons. The average molecular weight is 868 g/mol. The van der Waals surface area contributed by atoms with Crippen LogP contribution >= 0.6 is 0 Å². The van der Waals surface area contributed by atoms with Crippen LogP contribution in [0.3, 0.4) is 0 Å². The Morgan fingerprint density at radius 2 is 0.510 bits per heavy atom. The van der Waals surface area contributed by atoms with Gasteiger partial charge in [0, 0.05) is 20.1 Å². The van der Waals surface area contributed by atoms with Gasteiger partial charge >= 0.3 is 18.5 Å². The predicted octanol–water partition coefficient (Wildman–Crippen LogP) is 11.9. The molecule has 0 aliphatic rings. The van der Waals surface area contributed by atoms with Gasteiger partial charge in [0.15, 0.2) is 17.1 Å². The molecule has 0 atom stereocenters. The molecule has 1 radical (unpaired) electrons. The molecule has 0 aliphatic carbocycles. The number of rotatable bonds is 0. The Bertz CT molecular complexity index is 1460. The summed E-state index contributed by atoms with van der Waals surface area (Å²) in [7, 11) is 0. The molecule has 0 saturated heterocycles. The van der Waals surface area contributed by atoms with Crippen molar-refractivity contribution >= 4 is 17.1 Å². The number of hydrogen-bond donors (Lipinski definition) is 0. The Morgan fingerprint density at radius 3 is 0.592 bits per heavy atom. The normalized spacial score (nSPS) is 9.67. The molecule has 0 aromatic heterocycles. The number of benzene rings is 3. The summed E-state index contributed by atoms with van der Waals surface area (Å²) >= 11 is 0. The third-order valence-corrected chi connectivity index (χ3v) is 5.79. The fourth-order valence-electron chi connectivity index (χ4n) is 3.89. The third-order valence-electron chi connectivity index (χ3n) is 5.79. The van der Waals surface area contributed by atoms with Crippen LogP contribution in [0.15, 0.2) is 36.4 Å². The van der Waals surface area contributed by atoms with Gasteiger partial charge in [0.1, 0.15) is 0 Å². The van der Waals surface area contributed by atoms with E-state index in [-0.39, 0.29) is 20.1 Å². The first-order valence-corrected chi connectivity index (χ1v) is 12.4. The summed E-state index contributed by atoms with van der Waals surface area (Å²) in [6.45, 7) is 43.7. The van der Waals surface area contributed by atoms with Gasteiger partial charge in [0.05, 0.1) is 36.4 Å². The summed E-state index contributed by atoms with van der Waals surface area (Å²) in [6.07, 6.45) is -13.0. The van der Waals surface area contributed by atoms with Crippen molar-refractivity contribution in [1.82, 2.24) is 0 Å². The van der Waals surface area contributed by atoms with Crippen molar-refractivity contribution in [1.29, 1.82) is 15.8 Å². The van der Waals surface area contributed by atoms with Gasteiger partial charge < -0.3 is 35.5 Å². The monoisotopic (exact) mass is 868 g/mol. The minimum Gasteiger partial charge on any atom is -0.512 e. The molecular formula is C33H24F9IrN6-3. The molecule has 0 fully saturated rings. The van der Waals surface area contributed by atoms with Gasteiger partial charge in [0.2, 0.25) is 0 Å². The average Bonchev–Trinajstić information content (AvgIpc) is 2.99. The van der Waals surface area contributed by atoms with Crippen LogP contribution in [0.1, 0.15) is 50.1 Å². The zero-order chi connectivity index (χ0) is 38.8. The smallest absolute Gasteiger partial charge is 0.416 e. The molecule has 0 heterocycles. The van der Waals surface area contributed by atoms with Crippen molar-refractivity contribution in [3.05, 3.63) is 140 Å². The maximum Gasteiger partial charge on any atom is 0.416 e. The van der Waals surface area contributed by atoms with Crippen LogP contribution in [0, 0.1) is 96.8 Å². The molecule has 49 heavy (non-hydrogen) atoms. The Morgan fingerprint density at radius 1 is 0.388 bits per heavy atom. The van der Waals surface area contributed by atoms with Gasteiger partial charge in [-0.1, -0.05) is 36.4 Å². The molecular weight excluding hydrogens is 844 g/mol. The summed E-state index contributed by atoms with van der Waals surface area (Å²) in [5.41, 5.74) is 1.03. The van der Waals surface area contributed by atoms with Crippen molar-refractivity contribution in [2.45, 2.75) is 60.1 Å². The van der Waals surface area contributed by atoms with Gasteiger partial charge in [-0.25, -0.2) is 14.5 Å². The Hall–Kier alpha value is -5.38. The van der Waals surface area contributed by atoms with Gasteiger partial charge in [-0.05, 0) is 74.9 Å². The molecule has 0 N–H and O–H groups in total. The standard InChI is InChI=1S/3C10H8F3N.3CN.Ir/c3*1-6-4-8(10(11,12)13)5-7(2)9(6)14-3;3*1-2;/h3*4-5H,1-2H3;;;;/q;;;3*-1;. The number of hydrogen-bond acceptors (Lipinski definition) is 3. The number of alkyl halides is 9. The first kappa shape index (κ1) is 50.5. The molecule has 0 unspecified atom stereocenters. The SMILES string of the molecule is [C-]#N.[C-]#N.[C-]#N.[C-]#[N+]c1c(C)cc(C(F)(F)F)cc1C.[C-]#[N+]c1c(C)cc(C(F)(F)F)cc1C.[C-]#[N+]c1c(C)cc(C(F)(F)F)cc1C.[Ir]. The van der Waals surface area contributed by atoms with Gasteiger partial charge in [-0.3, -0.25) is 0 Å². The second-order valence-corrected chi connectivity index (χ2v) is 9.20. The fraction of sp³-hybridized carbons (Fsp3) is 0.273. The van der Waals surface area contributed by atoms with Crippen LogP contribution in [0.2, 0.25) is 0 Å². The van der Waals surface area contributed by atoms with E-state index >= 15 is 0 Å². The number of aryl methyl sites for hydroxylation is 6. The topological polar surface area (TPSA) is 84.5 Å². The molecule has 0 saturated carbocycles. The third kappa shape index (κ3) is 15.8. The van der Waals surface area contributed by atoms with Crippen molar-refractivity contribution in [3.8, 4) is 0 Å². The minimum atomic E-state index is -4.34. The largest absolute Gasteiger partial charge is 0.512 e. The van der Waals surface area contributed by atoms with Crippen LogP contribution in [0.4, 0.5) is 56.6 Å². The van der Waals surface area contributed by atoms with Crippen LogP contribution < -0.4 is 0 Å². The zero-order valence-electron chi connectivity index (χ0n) is 26.4. The molecule has 0 spiro atoms. The Labute approximate surface area is 292 Å². The van der Waals surface area contributed by atoms with E-state index in [1.165, 1.54) is 41.5 Å². The minimum absolute atomic E-state index is 0. The van der Waals surface area contributed by atoms with Crippen molar-refractivity contribution < 1.29 is 59.6 Å². The van der Waals surface area contributed by atoms with E-state index in [1.807, 2.05) is 0 Å². The van der Waals surface area contributed by atoms with Crippen LogP contribution in [0.5, 0.6) is 0 Å². The first-order valence-electron chi connectivity index (χ1n) is 12.4. The second kappa shape index (κ2) is 22.2. The first-order chi connectivity index (χ1) is 22.1. The van der Waals surface area contributed by atoms with Crippen LogP contribution in [-0.2, 0) is 38.6 Å². The van der Waals surface area contributed by atoms with Crippen LogP contribution in [-0.4, -0.2) is 0 Å². The summed E-state index contributed by atoms with van der Waals surface area (Å²) in [5, 5.41) is 18.8. The molecule has 16 heteroatoms. The maximum absolute atomic E-state index is 12.3. The number of nitrogens with zero attached hydrogens (tertiary/aromatic N) is 6. The maximum atomic E-state index is 12.3. The van der Waals surface area contributed by atoms with E-state index in [0.717, 1.165) is 36.4 Å². The summed E-state index contributed by atoms with van der Waals surface area (Å²) in [6, 6.07) is 6.00. The van der Waals surface area contributed by atoms with Crippen molar-refractivity contribution in [2.24, 2.45) is 0 Å². The van der Waals surface area contributed by atoms with E-state index < -0.39 is 35.2 Å². The fourth-order valence-corrected chi connectivity index (χ4v) is 3.89. The second-order valence-electron chi connectivity index (χ2n) is 9.20. The van der Waals surface area contributed by atoms with Gasteiger partial charge in [-0.15, -0.1) is 0 Å². The van der Waals surface area contributed by atoms with E-state index in [2.05, 4.69) is 14.5 Å². The molecule has 3 rings (SSSR count). The summed E-state index contributed by atoms with van der Waals surface area (Å²) in [5.74, 6) is 0. The van der Waals surface area contributed by atoms with Crippen LogP contribution in [0.25, 0.3) is 14.5 Å². The Balaban J connectivity index is -0.000000284. The molecule has 0 bridgehead atoms. The molecule has 0 amide bonds. The Kier molecular flexibility index (Phi) is 22.9. The van der Waals surface area contributed by atoms with E-state index in [1.54, 1.807) is 0 Å². The molecule has 6 nitrogen and oxygen atoms in total. The van der Waals surface area contributed by atoms with Crippen molar-refractivity contribution in [2.75, 3.05) is 0 Å². The summed E-state index contributed by atoms with van der Waals surface area (Å²) in [4.78, 5) is 9.53. The quantitative estimate of drug-likeness (QED) is 0.167. The summed E-state index contributed by atoms with van der Waals surface area (Å²) < 4.78 is 111. The van der Waals surface area contributed by atoms with Gasteiger partial charge in [-0.2, -0.15) is 39.5 Å². The van der Waals surface area contributed by atoms with E-state index in [9.17, 15) is 39.5 Å². The van der Waals surface area contributed by atoms with Gasteiger partial charge in [0.25, 0.3) is 0 Å². The number of halogens is 9. The van der Waals surface area contributed by atoms with E-state index in [4.69, 9.17) is 55.2 Å².